The van der Waals surface area contributed by atoms with Crippen LogP contribution in [0.4, 0.5) is 11.4 Å². The number of carboxylic acids is 1. The zero-order valence-corrected chi connectivity index (χ0v) is 13.8. The van der Waals surface area contributed by atoms with Crippen molar-refractivity contribution in [1.82, 2.24) is 0 Å². The van der Waals surface area contributed by atoms with Crippen molar-refractivity contribution in [3.63, 3.8) is 0 Å². The van der Waals surface area contributed by atoms with Gasteiger partial charge in [0.15, 0.2) is 0 Å². The van der Waals surface area contributed by atoms with Gasteiger partial charge in [-0.15, -0.1) is 0 Å². The topological polar surface area (TPSA) is 75.3 Å². The molecule has 0 spiro atoms. The largest absolute Gasteiger partial charge is 0.481 e. The van der Waals surface area contributed by atoms with Gasteiger partial charge in [-0.1, -0.05) is 33.3 Å². The average molecular weight is 304 g/mol. The van der Waals surface area contributed by atoms with Crippen molar-refractivity contribution in [3.05, 3.63) is 23.8 Å². The van der Waals surface area contributed by atoms with Crippen LogP contribution in [0.2, 0.25) is 0 Å². The molecule has 3 atom stereocenters. The van der Waals surface area contributed by atoms with Crippen molar-refractivity contribution in [3.8, 4) is 0 Å². The molecule has 1 aromatic carbocycles. The van der Waals surface area contributed by atoms with Crippen LogP contribution in [-0.2, 0) is 11.2 Å². The van der Waals surface area contributed by atoms with E-state index < -0.39 is 5.97 Å². The fourth-order valence-electron chi connectivity index (χ4n) is 3.60. The molecule has 0 unspecified atom stereocenters. The molecule has 0 bridgehead atoms. The fourth-order valence-corrected chi connectivity index (χ4v) is 3.60. The summed E-state index contributed by atoms with van der Waals surface area (Å²) in [6.45, 7) is 6.88. The van der Waals surface area contributed by atoms with Crippen molar-refractivity contribution in [2.45, 2.75) is 52.5 Å². The molecule has 0 saturated heterocycles. The molecule has 0 radical (unpaired) electrons. The van der Waals surface area contributed by atoms with Crippen LogP contribution in [0.3, 0.4) is 0 Å². The molecule has 4 N–H and O–H groups in total. The van der Waals surface area contributed by atoms with Gasteiger partial charge in [0.2, 0.25) is 0 Å². The first-order valence-electron chi connectivity index (χ1n) is 8.23. The Bertz CT molecular complexity index is 528. The van der Waals surface area contributed by atoms with E-state index in [1.54, 1.807) is 6.07 Å². The normalized spacial score (nSPS) is 25.2. The number of rotatable bonds is 5. The summed E-state index contributed by atoms with van der Waals surface area (Å²) in [4.78, 5) is 10.8. The Morgan fingerprint density at radius 1 is 1.41 bits per heavy atom. The third-order valence-corrected chi connectivity index (χ3v) is 4.83. The van der Waals surface area contributed by atoms with Gasteiger partial charge in [0.25, 0.3) is 0 Å². The number of hydrogen-bond acceptors (Lipinski definition) is 3. The monoisotopic (exact) mass is 304 g/mol. The molecule has 1 fully saturated rings. The van der Waals surface area contributed by atoms with E-state index in [1.807, 2.05) is 12.1 Å². The Labute approximate surface area is 133 Å². The summed E-state index contributed by atoms with van der Waals surface area (Å²) in [5.74, 6) is 1.22. The Morgan fingerprint density at radius 3 is 2.73 bits per heavy atom. The van der Waals surface area contributed by atoms with Crippen molar-refractivity contribution in [2.75, 3.05) is 11.1 Å². The molecule has 4 nitrogen and oxygen atoms in total. The molecule has 2 rings (SSSR count). The lowest BCUT2D eigenvalue weighted by Crippen LogP contribution is -2.38. The number of nitrogens with two attached hydrogens (primary N) is 1. The number of anilines is 2. The number of carbonyl (C=O) groups is 1. The molecule has 1 aliphatic carbocycles. The van der Waals surface area contributed by atoms with Crippen molar-refractivity contribution in [1.29, 1.82) is 0 Å². The highest BCUT2D eigenvalue weighted by Gasteiger charge is 2.30. The number of benzene rings is 1. The lowest BCUT2D eigenvalue weighted by molar-refractivity contribution is -0.136. The number of nitrogens with one attached hydrogen (secondary N) is 1. The van der Waals surface area contributed by atoms with Gasteiger partial charge in [-0.05, 0) is 48.3 Å². The lowest BCUT2D eigenvalue weighted by Gasteiger charge is -2.38. The maximum Gasteiger partial charge on any atom is 0.307 e. The summed E-state index contributed by atoms with van der Waals surface area (Å²) in [6, 6.07) is 5.98. The highest BCUT2D eigenvalue weighted by Crippen LogP contribution is 2.36. The van der Waals surface area contributed by atoms with E-state index in [2.05, 4.69) is 26.1 Å². The summed E-state index contributed by atoms with van der Waals surface area (Å²) >= 11 is 0. The van der Waals surface area contributed by atoms with Crippen LogP contribution in [0, 0.1) is 17.8 Å². The van der Waals surface area contributed by atoms with Crippen LogP contribution in [-0.4, -0.2) is 17.1 Å². The molecule has 0 heterocycles. The quantitative estimate of drug-likeness (QED) is 0.724. The van der Waals surface area contributed by atoms with E-state index in [0.29, 0.717) is 23.6 Å². The molecule has 0 amide bonds. The predicted octanol–water partition coefficient (Wildman–Crippen LogP) is 3.77. The van der Waals surface area contributed by atoms with E-state index in [0.717, 1.165) is 17.2 Å². The second-order valence-corrected chi connectivity index (χ2v) is 7.07. The maximum absolute atomic E-state index is 10.8. The molecule has 0 aliphatic heterocycles. The zero-order valence-electron chi connectivity index (χ0n) is 13.8. The number of hydrogen-bond donors (Lipinski definition) is 3. The minimum Gasteiger partial charge on any atom is -0.481 e. The Balaban J connectivity index is 2.12. The molecule has 22 heavy (non-hydrogen) atoms. The molecule has 1 aliphatic rings. The highest BCUT2D eigenvalue weighted by molar-refractivity contribution is 5.73. The van der Waals surface area contributed by atoms with Gasteiger partial charge in [0.05, 0.1) is 17.8 Å². The van der Waals surface area contributed by atoms with E-state index in [-0.39, 0.29) is 6.42 Å². The molecule has 4 heteroatoms. The van der Waals surface area contributed by atoms with Crippen LogP contribution >= 0.6 is 0 Å². The third-order valence-electron chi connectivity index (χ3n) is 4.83. The minimum atomic E-state index is -0.832. The highest BCUT2D eigenvalue weighted by atomic mass is 16.4. The number of carboxylic acid groups (broad SMARTS) is 1. The van der Waals surface area contributed by atoms with Crippen LogP contribution in [0.5, 0.6) is 0 Å². The molecule has 1 saturated carbocycles. The molecule has 0 aromatic heterocycles. The van der Waals surface area contributed by atoms with Crippen LogP contribution in [0.25, 0.3) is 0 Å². The second-order valence-electron chi connectivity index (χ2n) is 7.07. The van der Waals surface area contributed by atoms with Gasteiger partial charge in [0, 0.05) is 6.04 Å². The first-order valence-corrected chi connectivity index (χ1v) is 8.23. The third kappa shape index (κ3) is 4.15. The molecular weight excluding hydrogens is 276 g/mol. The van der Waals surface area contributed by atoms with E-state index in [1.165, 1.54) is 19.3 Å². The Kier molecular flexibility index (Phi) is 5.33. The van der Waals surface area contributed by atoms with E-state index in [4.69, 9.17) is 10.8 Å². The fraction of sp³-hybridized carbons (Fsp3) is 0.611. The van der Waals surface area contributed by atoms with Crippen LogP contribution < -0.4 is 11.1 Å². The summed E-state index contributed by atoms with van der Waals surface area (Å²) in [6.07, 6.45) is 3.74. The van der Waals surface area contributed by atoms with Gasteiger partial charge in [0.1, 0.15) is 0 Å². The van der Waals surface area contributed by atoms with Crippen molar-refractivity contribution >= 4 is 17.3 Å². The molecule has 122 valence electrons. The minimum absolute atomic E-state index is 0.0135. The summed E-state index contributed by atoms with van der Waals surface area (Å²) in [5, 5.41) is 12.5. The number of nitrogen functional groups attached to an aromatic ring is 1. The SMILES string of the molecule is CC(C)[C@@H]1CC[C@@H](C)C[C@H]1Nc1ccc(CC(=O)O)cc1N. The zero-order chi connectivity index (χ0) is 16.3. The first-order chi connectivity index (χ1) is 10.4. The lowest BCUT2D eigenvalue weighted by atomic mass is 9.74. The standard InChI is InChI=1S/C18H28N2O2/c1-11(2)14-6-4-12(3)8-17(14)20-16-7-5-13(9-15(16)19)10-18(21)22/h5,7,9,11-12,14,17,20H,4,6,8,10,19H2,1-3H3,(H,21,22)/t12-,14+,17-/m1/s1. The number of aliphatic carboxylic acids is 1. The predicted molar refractivity (Wildman–Crippen MR) is 90.9 cm³/mol. The van der Waals surface area contributed by atoms with Gasteiger partial charge in [-0.25, -0.2) is 0 Å². The summed E-state index contributed by atoms with van der Waals surface area (Å²) < 4.78 is 0. The van der Waals surface area contributed by atoms with E-state index >= 15 is 0 Å². The van der Waals surface area contributed by atoms with Gasteiger partial charge >= 0.3 is 5.97 Å². The van der Waals surface area contributed by atoms with Crippen LogP contribution in [0.1, 0.15) is 45.6 Å². The first kappa shape index (κ1) is 16.7. The van der Waals surface area contributed by atoms with Gasteiger partial charge < -0.3 is 16.2 Å². The van der Waals surface area contributed by atoms with Crippen molar-refractivity contribution < 1.29 is 9.90 Å². The van der Waals surface area contributed by atoms with E-state index in [9.17, 15) is 4.79 Å². The molecular formula is C18H28N2O2. The Hall–Kier alpha value is -1.71. The summed E-state index contributed by atoms with van der Waals surface area (Å²) in [7, 11) is 0. The van der Waals surface area contributed by atoms with Gasteiger partial charge in [-0.3, -0.25) is 4.79 Å². The van der Waals surface area contributed by atoms with Crippen molar-refractivity contribution in [2.24, 2.45) is 17.8 Å². The van der Waals surface area contributed by atoms with Gasteiger partial charge in [-0.2, -0.15) is 0 Å². The second kappa shape index (κ2) is 7.03. The average Bonchev–Trinajstić information content (AvgIpc) is 2.41. The summed E-state index contributed by atoms with van der Waals surface area (Å²) in [5.41, 5.74) is 8.43. The Morgan fingerprint density at radius 2 is 2.14 bits per heavy atom. The van der Waals surface area contributed by atoms with Crippen LogP contribution in [0.15, 0.2) is 18.2 Å². The maximum atomic E-state index is 10.8. The molecule has 1 aromatic rings. The smallest absolute Gasteiger partial charge is 0.307 e.